The lowest BCUT2D eigenvalue weighted by atomic mass is 9.85. The summed E-state index contributed by atoms with van der Waals surface area (Å²) >= 11 is 0. The Morgan fingerprint density at radius 3 is 2.00 bits per heavy atom. The molecule has 0 aliphatic carbocycles. The zero-order chi connectivity index (χ0) is 16.1. The maximum atomic E-state index is 13.0. The van der Waals surface area contributed by atoms with Gasteiger partial charge < -0.3 is 0 Å². The number of aromatic nitrogens is 1. The van der Waals surface area contributed by atoms with E-state index in [0.29, 0.717) is 6.42 Å². The number of hydrogen-bond acceptors (Lipinski definition) is 2. The first kappa shape index (κ1) is 15.2. The number of carbonyl (C=O) groups is 1. The maximum absolute atomic E-state index is 13.0. The molecule has 0 saturated carbocycles. The standard InChI is InChI=1S/C21H19NO/c1-16-14-17(12-13-22-16)15-20(23)21(18-8-4-2-5-9-18)19-10-6-3-7-11-19/h2-14,21H,15H2,1H3. The largest absolute Gasteiger partial charge is 0.298 e. The molecule has 3 aromatic rings. The number of rotatable bonds is 5. The van der Waals surface area contributed by atoms with Crippen LogP contribution in [0.3, 0.4) is 0 Å². The molecule has 0 N–H and O–H groups in total. The quantitative estimate of drug-likeness (QED) is 0.702. The molecule has 114 valence electrons. The molecule has 2 aromatic carbocycles. The smallest absolute Gasteiger partial charge is 0.149 e. The highest BCUT2D eigenvalue weighted by Gasteiger charge is 2.22. The van der Waals surface area contributed by atoms with Crippen molar-refractivity contribution in [2.45, 2.75) is 19.3 Å². The van der Waals surface area contributed by atoms with Crippen molar-refractivity contribution < 1.29 is 4.79 Å². The van der Waals surface area contributed by atoms with Gasteiger partial charge in [-0.25, -0.2) is 0 Å². The highest BCUT2D eigenvalue weighted by molar-refractivity contribution is 5.90. The van der Waals surface area contributed by atoms with E-state index in [-0.39, 0.29) is 11.7 Å². The van der Waals surface area contributed by atoms with Crippen molar-refractivity contribution in [2.75, 3.05) is 0 Å². The molecule has 0 aliphatic heterocycles. The fourth-order valence-electron chi connectivity index (χ4n) is 2.87. The SMILES string of the molecule is Cc1cc(CC(=O)C(c2ccccc2)c2ccccc2)ccn1. The van der Waals surface area contributed by atoms with Gasteiger partial charge in [-0.1, -0.05) is 60.7 Å². The second kappa shape index (κ2) is 7.01. The Kier molecular flexibility index (Phi) is 4.62. The van der Waals surface area contributed by atoms with Crippen LogP contribution in [-0.4, -0.2) is 10.8 Å². The van der Waals surface area contributed by atoms with Crippen molar-refractivity contribution in [1.82, 2.24) is 4.98 Å². The molecular weight excluding hydrogens is 282 g/mol. The van der Waals surface area contributed by atoms with Crippen LogP contribution in [0.2, 0.25) is 0 Å². The van der Waals surface area contributed by atoms with Gasteiger partial charge >= 0.3 is 0 Å². The minimum atomic E-state index is -0.231. The van der Waals surface area contributed by atoms with Gasteiger partial charge in [0, 0.05) is 18.3 Å². The van der Waals surface area contributed by atoms with Gasteiger partial charge in [0.25, 0.3) is 0 Å². The van der Waals surface area contributed by atoms with Crippen LogP contribution in [0, 0.1) is 6.92 Å². The third kappa shape index (κ3) is 3.72. The Morgan fingerprint density at radius 1 is 0.913 bits per heavy atom. The van der Waals surface area contributed by atoms with E-state index >= 15 is 0 Å². The van der Waals surface area contributed by atoms with Gasteiger partial charge in [-0.15, -0.1) is 0 Å². The molecule has 0 unspecified atom stereocenters. The van der Waals surface area contributed by atoms with E-state index in [1.54, 1.807) is 6.20 Å². The van der Waals surface area contributed by atoms with Gasteiger partial charge in [0.15, 0.2) is 0 Å². The third-order valence-electron chi connectivity index (χ3n) is 3.93. The molecule has 2 heteroatoms. The normalized spacial score (nSPS) is 10.7. The maximum Gasteiger partial charge on any atom is 0.149 e. The van der Waals surface area contributed by atoms with E-state index in [0.717, 1.165) is 22.4 Å². The molecule has 3 rings (SSSR count). The lowest BCUT2D eigenvalue weighted by Crippen LogP contribution is -2.16. The zero-order valence-electron chi connectivity index (χ0n) is 13.1. The van der Waals surface area contributed by atoms with E-state index in [9.17, 15) is 4.79 Å². The van der Waals surface area contributed by atoms with E-state index < -0.39 is 0 Å². The number of nitrogens with zero attached hydrogens (tertiary/aromatic N) is 1. The Bertz CT molecular complexity index is 742. The summed E-state index contributed by atoms with van der Waals surface area (Å²) in [5.74, 6) is -0.0288. The van der Waals surface area contributed by atoms with Gasteiger partial charge in [0.2, 0.25) is 0 Å². The molecular formula is C21H19NO. The van der Waals surface area contributed by atoms with Crippen LogP contribution < -0.4 is 0 Å². The number of ketones is 1. The molecule has 0 saturated heterocycles. The number of hydrogen-bond donors (Lipinski definition) is 0. The summed E-state index contributed by atoms with van der Waals surface area (Å²) < 4.78 is 0. The van der Waals surface area contributed by atoms with Gasteiger partial charge in [0.05, 0.1) is 5.92 Å². The van der Waals surface area contributed by atoms with Gasteiger partial charge in [-0.3, -0.25) is 9.78 Å². The number of aryl methyl sites for hydroxylation is 1. The first-order valence-corrected chi connectivity index (χ1v) is 7.78. The number of pyridine rings is 1. The van der Waals surface area contributed by atoms with Crippen molar-refractivity contribution in [3.63, 3.8) is 0 Å². The molecule has 0 aliphatic rings. The molecule has 0 bridgehead atoms. The second-order valence-corrected chi connectivity index (χ2v) is 5.70. The zero-order valence-corrected chi connectivity index (χ0v) is 13.1. The molecule has 23 heavy (non-hydrogen) atoms. The Balaban J connectivity index is 1.94. The summed E-state index contributed by atoms with van der Waals surface area (Å²) in [5, 5.41) is 0. The molecule has 0 atom stereocenters. The van der Waals surface area contributed by atoms with E-state index in [1.165, 1.54) is 0 Å². The number of carbonyl (C=O) groups excluding carboxylic acids is 1. The van der Waals surface area contributed by atoms with Crippen LogP contribution in [-0.2, 0) is 11.2 Å². The summed E-state index contributed by atoms with van der Waals surface area (Å²) in [7, 11) is 0. The minimum absolute atomic E-state index is 0.202. The summed E-state index contributed by atoms with van der Waals surface area (Å²) in [4.78, 5) is 17.2. The van der Waals surface area contributed by atoms with Gasteiger partial charge in [-0.2, -0.15) is 0 Å². The van der Waals surface area contributed by atoms with Crippen LogP contribution in [0.5, 0.6) is 0 Å². The minimum Gasteiger partial charge on any atom is -0.298 e. The summed E-state index contributed by atoms with van der Waals surface area (Å²) in [6.45, 7) is 1.94. The molecule has 0 amide bonds. The van der Waals surface area contributed by atoms with Crippen molar-refractivity contribution in [3.05, 3.63) is 101 Å². The van der Waals surface area contributed by atoms with Crippen molar-refractivity contribution in [3.8, 4) is 0 Å². The second-order valence-electron chi connectivity index (χ2n) is 5.70. The van der Waals surface area contributed by atoms with E-state index in [2.05, 4.69) is 4.98 Å². The number of benzene rings is 2. The van der Waals surface area contributed by atoms with E-state index in [1.807, 2.05) is 79.7 Å². The molecule has 0 spiro atoms. The van der Waals surface area contributed by atoms with Crippen molar-refractivity contribution >= 4 is 5.78 Å². The van der Waals surface area contributed by atoms with Crippen molar-refractivity contribution in [2.24, 2.45) is 0 Å². The lowest BCUT2D eigenvalue weighted by molar-refractivity contribution is -0.119. The average molecular weight is 301 g/mol. The fraction of sp³-hybridized carbons (Fsp3) is 0.143. The topological polar surface area (TPSA) is 30.0 Å². The Morgan fingerprint density at radius 2 is 1.48 bits per heavy atom. The average Bonchev–Trinajstić information content (AvgIpc) is 2.57. The highest BCUT2D eigenvalue weighted by Crippen LogP contribution is 2.26. The molecule has 1 aromatic heterocycles. The molecule has 0 fully saturated rings. The van der Waals surface area contributed by atoms with Gasteiger partial charge in [0.1, 0.15) is 5.78 Å². The summed E-state index contributed by atoms with van der Waals surface area (Å²) in [6.07, 6.45) is 2.18. The predicted molar refractivity (Wildman–Crippen MR) is 92.4 cm³/mol. The molecule has 0 radical (unpaired) electrons. The van der Waals surface area contributed by atoms with Crippen LogP contribution in [0.4, 0.5) is 0 Å². The highest BCUT2D eigenvalue weighted by atomic mass is 16.1. The molecule has 1 heterocycles. The van der Waals surface area contributed by atoms with Gasteiger partial charge in [-0.05, 0) is 35.7 Å². The summed E-state index contributed by atoms with van der Waals surface area (Å²) in [6, 6.07) is 23.9. The first-order valence-electron chi connectivity index (χ1n) is 7.78. The van der Waals surface area contributed by atoms with Crippen LogP contribution in [0.1, 0.15) is 28.3 Å². The fourth-order valence-corrected chi connectivity index (χ4v) is 2.87. The van der Waals surface area contributed by atoms with Crippen LogP contribution >= 0.6 is 0 Å². The first-order chi connectivity index (χ1) is 11.2. The van der Waals surface area contributed by atoms with Crippen LogP contribution in [0.25, 0.3) is 0 Å². The predicted octanol–water partition coefficient (Wildman–Crippen LogP) is 4.33. The van der Waals surface area contributed by atoms with E-state index in [4.69, 9.17) is 0 Å². The Hall–Kier alpha value is -2.74. The Labute approximate surface area is 136 Å². The van der Waals surface area contributed by atoms with Crippen LogP contribution in [0.15, 0.2) is 79.0 Å². The monoisotopic (exact) mass is 301 g/mol. The van der Waals surface area contributed by atoms with Crippen molar-refractivity contribution in [1.29, 1.82) is 0 Å². The lowest BCUT2D eigenvalue weighted by Gasteiger charge is -2.17. The third-order valence-corrected chi connectivity index (χ3v) is 3.93. The number of Topliss-reactive ketones (excluding diaryl/α,β-unsaturated/α-hetero) is 1. The summed E-state index contributed by atoms with van der Waals surface area (Å²) in [5.41, 5.74) is 4.02. The molecule has 2 nitrogen and oxygen atoms in total.